The second-order valence-corrected chi connectivity index (χ2v) is 5.79. The fourth-order valence-corrected chi connectivity index (χ4v) is 2.60. The van der Waals surface area contributed by atoms with Crippen molar-refractivity contribution in [1.29, 1.82) is 0 Å². The molecular weight excluding hydrogens is 375 g/mol. The fourth-order valence-electron chi connectivity index (χ4n) is 2.39. The van der Waals surface area contributed by atoms with Gasteiger partial charge in [-0.3, -0.25) is 0 Å². The smallest absolute Gasteiger partial charge is 0.269 e. The topological polar surface area (TPSA) is 66.6 Å². The molecule has 6 nitrogen and oxygen atoms in total. The van der Waals surface area contributed by atoms with Crippen LogP contribution in [0.5, 0.6) is 17.2 Å². The first-order valence-corrected chi connectivity index (χ1v) is 8.20. The molecule has 0 N–H and O–H groups in total. The monoisotopic (exact) mass is 390 g/mol. The Morgan fingerprint density at radius 2 is 1.70 bits per heavy atom. The third-order valence-electron chi connectivity index (χ3n) is 3.74. The van der Waals surface area contributed by atoms with Crippen LogP contribution in [0.25, 0.3) is 22.5 Å². The maximum absolute atomic E-state index is 13.8. The summed E-state index contributed by atoms with van der Waals surface area (Å²) in [7, 11) is 4.49. The van der Waals surface area contributed by atoms with E-state index in [9.17, 15) is 4.39 Å². The van der Waals surface area contributed by atoms with E-state index in [4.69, 9.17) is 30.3 Å². The number of ether oxygens (including phenoxy) is 3. The summed E-state index contributed by atoms with van der Waals surface area (Å²) in [6.45, 7) is 0. The van der Waals surface area contributed by atoms with Crippen molar-refractivity contribution in [2.75, 3.05) is 21.3 Å². The molecule has 0 aliphatic carbocycles. The van der Waals surface area contributed by atoms with Crippen molar-refractivity contribution < 1.29 is 23.1 Å². The Balaban J connectivity index is 1.88. The van der Waals surface area contributed by atoms with Crippen LogP contribution in [0, 0.1) is 5.82 Å². The van der Waals surface area contributed by atoms with Crippen LogP contribution in [0.4, 0.5) is 4.39 Å². The number of rotatable bonds is 6. The lowest BCUT2D eigenvalue weighted by Gasteiger charge is -2.07. The SMILES string of the molecule is COc1ccc(/C=C(\Cl)c2nc(-c3ccc(OC)c(OC)c3)no2)cc1F. The van der Waals surface area contributed by atoms with Crippen molar-refractivity contribution in [2.45, 2.75) is 0 Å². The highest BCUT2D eigenvalue weighted by Crippen LogP contribution is 2.32. The fraction of sp³-hybridized carbons (Fsp3) is 0.158. The van der Waals surface area contributed by atoms with Crippen LogP contribution in [0.3, 0.4) is 0 Å². The zero-order chi connectivity index (χ0) is 19.4. The van der Waals surface area contributed by atoms with Crippen LogP contribution in [0.1, 0.15) is 11.5 Å². The summed E-state index contributed by atoms with van der Waals surface area (Å²) in [4.78, 5) is 4.27. The molecule has 0 spiro atoms. The van der Waals surface area contributed by atoms with E-state index in [1.165, 1.54) is 32.4 Å². The number of nitrogens with zero attached hydrogens (tertiary/aromatic N) is 2. The van der Waals surface area contributed by atoms with Gasteiger partial charge < -0.3 is 18.7 Å². The largest absolute Gasteiger partial charge is 0.494 e. The third-order valence-corrected chi connectivity index (χ3v) is 4.01. The van der Waals surface area contributed by atoms with Crippen LogP contribution >= 0.6 is 11.6 Å². The molecule has 0 radical (unpaired) electrons. The Labute approximate surface area is 160 Å². The van der Waals surface area contributed by atoms with Gasteiger partial charge in [0.2, 0.25) is 5.82 Å². The van der Waals surface area contributed by atoms with Crippen molar-refractivity contribution in [3.05, 3.63) is 53.7 Å². The van der Waals surface area contributed by atoms with Gasteiger partial charge in [0, 0.05) is 5.56 Å². The normalized spacial score (nSPS) is 11.4. The molecule has 1 aromatic heterocycles. The van der Waals surface area contributed by atoms with Gasteiger partial charge in [-0.1, -0.05) is 22.8 Å². The Morgan fingerprint density at radius 3 is 2.37 bits per heavy atom. The van der Waals surface area contributed by atoms with Crippen molar-refractivity contribution in [2.24, 2.45) is 0 Å². The van der Waals surface area contributed by atoms with Gasteiger partial charge in [0.05, 0.1) is 21.3 Å². The van der Waals surface area contributed by atoms with E-state index in [0.717, 1.165) is 0 Å². The minimum absolute atomic E-state index is 0.109. The average molecular weight is 391 g/mol. The maximum Gasteiger partial charge on any atom is 0.269 e. The lowest BCUT2D eigenvalue weighted by Crippen LogP contribution is -1.91. The highest BCUT2D eigenvalue weighted by molar-refractivity contribution is 6.50. The van der Waals surface area contributed by atoms with Gasteiger partial charge in [0.15, 0.2) is 23.1 Å². The van der Waals surface area contributed by atoms with Crippen LogP contribution in [0.15, 0.2) is 40.9 Å². The molecule has 27 heavy (non-hydrogen) atoms. The van der Waals surface area contributed by atoms with Crippen molar-refractivity contribution in [1.82, 2.24) is 10.1 Å². The van der Waals surface area contributed by atoms with E-state index in [0.29, 0.717) is 28.5 Å². The first-order chi connectivity index (χ1) is 13.0. The van der Waals surface area contributed by atoms with E-state index in [2.05, 4.69) is 10.1 Å². The van der Waals surface area contributed by atoms with Gasteiger partial charge in [-0.05, 0) is 42.0 Å². The van der Waals surface area contributed by atoms with Gasteiger partial charge in [-0.25, -0.2) is 4.39 Å². The first kappa shape index (κ1) is 18.7. The molecule has 2 aromatic carbocycles. The molecule has 1 heterocycles. The molecular formula is C19H16ClFN2O4. The Hall–Kier alpha value is -3.06. The minimum Gasteiger partial charge on any atom is -0.494 e. The predicted octanol–water partition coefficient (Wildman–Crippen LogP) is 4.64. The van der Waals surface area contributed by atoms with Crippen molar-refractivity contribution in [3.63, 3.8) is 0 Å². The summed E-state index contributed by atoms with van der Waals surface area (Å²) in [6.07, 6.45) is 1.52. The molecule has 0 bridgehead atoms. The Morgan fingerprint density at radius 1 is 1.00 bits per heavy atom. The zero-order valence-corrected chi connectivity index (χ0v) is 15.6. The second kappa shape index (κ2) is 8.09. The number of halogens is 2. The lowest BCUT2D eigenvalue weighted by molar-refractivity contribution is 0.355. The zero-order valence-electron chi connectivity index (χ0n) is 14.8. The molecule has 140 valence electrons. The summed E-state index contributed by atoms with van der Waals surface area (Å²) < 4.78 is 34.4. The summed E-state index contributed by atoms with van der Waals surface area (Å²) in [5, 5.41) is 4.10. The molecule has 0 amide bonds. The first-order valence-electron chi connectivity index (χ1n) is 7.83. The highest BCUT2D eigenvalue weighted by atomic mass is 35.5. The number of benzene rings is 2. The van der Waals surface area contributed by atoms with Crippen LogP contribution in [-0.4, -0.2) is 31.5 Å². The maximum atomic E-state index is 13.8. The summed E-state index contributed by atoms with van der Waals surface area (Å²) in [6, 6.07) is 9.70. The molecule has 8 heteroatoms. The van der Waals surface area contributed by atoms with E-state index in [1.807, 2.05) is 0 Å². The van der Waals surface area contributed by atoms with Gasteiger partial charge in [0.25, 0.3) is 5.89 Å². The molecule has 3 rings (SSSR count). The molecule has 0 saturated heterocycles. The quantitative estimate of drug-likeness (QED) is 0.611. The number of methoxy groups -OCH3 is 3. The van der Waals surface area contributed by atoms with Gasteiger partial charge >= 0.3 is 0 Å². The number of hydrogen-bond donors (Lipinski definition) is 0. The average Bonchev–Trinajstić information content (AvgIpc) is 3.18. The molecule has 0 saturated carbocycles. The number of aromatic nitrogens is 2. The number of hydrogen-bond acceptors (Lipinski definition) is 6. The molecule has 0 fully saturated rings. The molecule has 0 atom stereocenters. The Kier molecular flexibility index (Phi) is 5.61. The van der Waals surface area contributed by atoms with Crippen molar-refractivity contribution >= 4 is 22.7 Å². The standard InChI is InChI=1S/C19H16ClFN2O4/c1-24-15-6-4-11(9-14(15)21)8-13(20)19-22-18(23-27-19)12-5-7-16(25-2)17(10-12)26-3/h4-10H,1-3H3/b13-8-. The predicted molar refractivity (Wildman–Crippen MR) is 99.5 cm³/mol. The van der Waals surface area contributed by atoms with Crippen LogP contribution < -0.4 is 14.2 Å². The van der Waals surface area contributed by atoms with E-state index < -0.39 is 5.82 Å². The van der Waals surface area contributed by atoms with Crippen LogP contribution in [0.2, 0.25) is 0 Å². The lowest BCUT2D eigenvalue weighted by atomic mass is 10.2. The van der Waals surface area contributed by atoms with Gasteiger partial charge in [-0.15, -0.1) is 0 Å². The second-order valence-electron chi connectivity index (χ2n) is 5.38. The van der Waals surface area contributed by atoms with E-state index >= 15 is 0 Å². The van der Waals surface area contributed by atoms with Gasteiger partial charge in [-0.2, -0.15) is 4.98 Å². The molecule has 0 unspecified atom stereocenters. The molecule has 0 aliphatic rings. The summed E-state index contributed by atoms with van der Waals surface area (Å²) >= 11 is 6.24. The van der Waals surface area contributed by atoms with Crippen LogP contribution in [-0.2, 0) is 0 Å². The minimum atomic E-state index is -0.493. The third kappa shape index (κ3) is 4.03. The molecule has 0 aliphatic heterocycles. The molecule has 3 aromatic rings. The summed E-state index contributed by atoms with van der Waals surface area (Å²) in [5.74, 6) is 1.22. The van der Waals surface area contributed by atoms with Gasteiger partial charge in [0.1, 0.15) is 5.03 Å². The Bertz CT molecular complexity index is 988. The summed E-state index contributed by atoms with van der Waals surface area (Å²) in [5.41, 5.74) is 1.20. The van der Waals surface area contributed by atoms with E-state index in [1.54, 1.807) is 31.4 Å². The highest BCUT2D eigenvalue weighted by Gasteiger charge is 2.14. The van der Waals surface area contributed by atoms with Crippen molar-refractivity contribution in [3.8, 4) is 28.6 Å². The van der Waals surface area contributed by atoms with E-state index in [-0.39, 0.29) is 16.7 Å².